The number of aryl methyl sites for hydroxylation is 1. The zero-order valence-corrected chi connectivity index (χ0v) is 16.1. The van der Waals surface area contributed by atoms with Gasteiger partial charge >= 0.3 is 0 Å². The first-order valence-corrected chi connectivity index (χ1v) is 9.94. The molecule has 3 rings (SSSR count). The van der Waals surface area contributed by atoms with E-state index in [0.717, 1.165) is 12.1 Å². The summed E-state index contributed by atoms with van der Waals surface area (Å²) in [6.45, 7) is 1.94. The van der Waals surface area contributed by atoms with E-state index in [1.807, 2.05) is 4.72 Å². The average Bonchev–Trinajstić information content (AvgIpc) is 3.05. The molecule has 0 radical (unpaired) electrons. The topological polar surface area (TPSA) is 81.1 Å². The van der Waals surface area contributed by atoms with Crippen molar-refractivity contribution < 1.29 is 22.0 Å². The lowest BCUT2D eigenvalue weighted by molar-refractivity contribution is 0.0977. The molecule has 0 atom stereocenters. The monoisotopic (exact) mass is 425 g/mol. The van der Waals surface area contributed by atoms with E-state index < -0.39 is 33.1 Å². The van der Waals surface area contributed by atoms with Gasteiger partial charge in [-0.15, -0.1) is 0 Å². The maximum atomic E-state index is 14.1. The molecule has 0 spiro atoms. The van der Waals surface area contributed by atoms with Crippen molar-refractivity contribution in [3.63, 3.8) is 0 Å². The lowest BCUT2D eigenvalue weighted by Gasteiger charge is -2.06. The van der Waals surface area contributed by atoms with Crippen LogP contribution in [0, 0.1) is 11.6 Å². The normalized spacial score (nSPS) is 11.4. The highest BCUT2D eigenvalue weighted by atomic mass is 35.5. The van der Waals surface area contributed by atoms with Gasteiger partial charge in [-0.25, -0.2) is 26.9 Å². The number of amides is 1. The van der Waals surface area contributed by atoms with Crippen molar-refractivity contribution >= 4 is 27.5 Å². The van der Waals surface area contributed by atoms with E-state index in [2.05, 4.69) is 4.98 Å². The van der Waals surface area contributed by atoms with Crippen molar-refractivity contribution in [3.05, 3.63) is 71.0 Å². The minimum atomic E-state index is -4.26. The average molecular weight is 426 g/mol. The standard InChI is InChI=1S/C18H14ClF2N3O3S/c1-2-24-10-14(22-17(24)16-12(20)7-5-8-13(16)21)18(25)23-28(26,27)15-9-4-3-6-11(15)19/h3-10H,2H2,1H3,(H,23,25). The molecule has 2 aromatic carbocycles. The Bertz CT molecular complexity index is 1140. The molecule has 0 unspecified atom stereocenters. The molecule has 28 heavy (non-hydrogen) atoms. The maximum absolute atomic E-state index is 14.1. The number of carbonyl (C=O) groups excluding carboxylic acids is 1. The summed E-state index contributed by atoms with van der Waals surface area (Å²) >= 11 is 5.87. The largest absolute Gasteiger partial charge is 0.330 e. The van der Waals surface area contributed by atoms with E-state index in [9.17, 15) is 22.0 Å². The Morgan fingerprint density at radius 1 is 1.14 bits per heavy atom. The van der Waals surface area contributed by atoms with Crippen LogP contribution in [0.3, 0.4) is 0 Å². The van der Waals surface area contributed by atoms with Crippen molar-refractivity contribution in [3.8, 4) is 11.4 Å². The molecule has 0 aliphatic rings. The Labute approximate surface area is 164 Å². The van der Waals surface area contributed by atoms with Crippen molar-refractivity contribution in [2.75, 3.05) is 0 Å². The fourth-order valence-corrected chi connectivity index (χ4v) is 4.05. The zero-order valence-electron chi connectivity index (χ0n) is 14.5. The van der Waals surface area contributed by atoms with E-state index in [1.165, 1.54) is 35.0 Å². The molecule has 10 heteroatoms. The summed E-state index contributed by atoms with van der Waals surface area (Å²) in [4.78, 5) is 16.1. The molecule has 0 aliphatic carbocycles. The first-order valence-electron chi connectivity index (χ1n) is 8.08. The van der Waals surface area contributed by atoms with Crippen molar-refractivity contribution in [2.45, 2.75) is 18.4 Å². The van der Waals surface area contributed by atoms with E-state index >= 15 is 0 Å². The highest BCUT2D eigenvalue weighted by molar-refractivity contribution is 7.90. The number of hydrogen-bond acceptors (Lipinski definition) is 4. The molecule has 1 N–H and O–H groups in total. The van der Waals surface area contributed by atoms with E-state index in [1.54, 1.807) is 13.0 Å². The molecule has 1 heterocycles. The van der Waals surface area contributed by atoms with Gasteiger partial charge in [0.25, 0.3) is 15.9 Å². The minimum Gasteiger partial charge on any atom is -0.330 e. The van der Waals surface area contributed by atoms with E-state index in [4.69, 9.17) is 11.6 Å². The zero-order chi connectivity index (χ0) is 20.5. The van der Waals surface area contributed by atoms with E-state index in [-0.39, 0.29) is 28.0 Å². The summed E-state index contributed by atoms with van der Waals surface area (Å²) < 4.78 is 56.2. The van der Waals surface area contributed by atoms with Crippen molar-refractivity contribution in [2.24, 2.45) is 0 Å². The third kappa shape index (κ3) is 3.76. The Hall–Kier alpha value is -2.78. The Kier molecular flexibility index (Phi) is 5.48. The SMILES string of the molecule is CCn1cc(C(=O)NS(=O)(=O)c2ccccc2Cl)nc1-c1c(F)cccc1F. The van der Waals surface area contributed by atoms with Crippen LogP contribution in [0.1, 0.15) is 17.4 Å². The minimum absolute atomic E-state index is 0.0593. The molecular formula is C18H14ClF2N3O3S. The summed E-state index contributed by atoms with van der Waals surface area (Å²) in [7, 11) is -4.26. The second-order valence-electron chi connectivity index (χ2n) is 5.70. The van der Waals surface area contributed by atoms with Gasteiger partial charge in [-0.3, -0.25) is 4.79 Å². The molecule has 3 aromatic rings. The van der Waals surface area contributed by atoms with Crippen LogP contribution in [0.25, 0.3) is 11.4 Å². The highest BCUT2D eigenvalue weighted by Gasteiger charge is 2.25. The van der Waals surface area contributed by atoms with Crippen LogP contribution in [0.5, 0.6) is 0 Å². The van der Waals surface area contributed by atoms with Crippen LogP contribution in [-0.2, 0) is 16.6 Å². The lowest BCUT2D eigenvalue weighted by atomic mass is 10.2. The van der Waals surface area contributed by atoms with Gasteiger partial charge in [0.15, 0.2) is 0 Å². The lowest BCUT2D eigenvalue weighted by Crippen LogP contribution is -2.31. The number of hydrogen-bond donors (Lipinski definition) is 1. The second-order valence-corrected chi connectivity index (χ2v) is 7.76. The van der Waals surface area contributed by atoms with Crippen molar-refractivity contribution in [1.29, 1.82) is 0 Å². The summed E-state index contributed by atoms with van der Waals surface area (Å²) in [6, 6.07) is 8.94. The molecular weight excluding hydrogens is 412 g/mol. The number of sulfonamides is 1. The van der Waals surface area contributed by atoms with Crippen LogP contribution in [0.2, 0.25) is 5.02 Å². The Morgan fingerprint density at radius 3 is 2.39 bits per heavy atom. The van der Waals surface area contributed by atoms with Gasteiger partial charge in [-0.2, -0.15) is 0 Å². The first-order chi connectivity index (χ1) is 13.2. The fraction of sp³-hybridized carbons (Fsp3) is 0.111. The smallest absolute Gasteiger partial charge is 0.285 e. The van der Waals surface area contributed by atoms with E-state index in [0.29, 0.717) is 0 Å². The molecule has 0 aliphatic heterocycles. The van der Waals surface area contributed by atoms with Crippen LogP contribution in [0.4, 0.5) is 8.78 Å². The third-order valence-corrected chi connectivity index (χ3v) is 5.72. The fourth-order valence-electron chi connectivity index (χ4n) is 2.57. The van der Waals surface area contributed by atoms with Gasteiger partial charge < -0.3 is 4.57 Å². The molecule has 0 saturated heterocycles. The van der Waals surface area contributed by atoms with Crippen LogP contribution < -0.4 is 4.72 Å². The van der Waals surface area contributed by atoms with Crippen LogP contribution in [-0.4, -0.2) is 23.9 Å². The Balaban J connectivity index is 1.98. The van der Waals surface area contributed by atoms with Crippen LogP contribution in [0.15, 0.2) is 53.6 Å². The third-order valence-electron chi connectivity index (χ3n) is 3.89. The second kappa shape index (κ2) is 7.69. The predicted molar refractivity (Wildman–Crippen MR) is 99.4 cm³/mol. The highest BCUT2D eigenvalue weighted by Crippen LogP contribution is 2.26. The molecule has 0 fully saturated rings. The number of halogens is 3. The van der Waals surface area contributed by atoms with Gasteiger partial charge in [0.2, 0.25) is 0 Å². The summed E-state index contributed by atoms with van der Waals surface area (Å²) in [5, 5.41) is -0.0593. The predicted octanol–water partition coefficient (Wildman–Crippen LogP) is 3.62. The number of nitrogens with one attached hydrogen (secondary N) is 1. The van der Waals surface area contributed by atoms with Gasteiger partial charge in [0.1, 0.15) is 28.0 Å². The summed E-state index contributed by atoms with van der Waals surface area (Å²) in [5.74, 6) is -2.88. The number of benzene rings is 2. The number of imidazole rings is 1. The van der Waals surface area contributed by atoms with Gasteiger partial charge in [0.05, 0.1) is 10.6 Å². The maximum Gasteiger partial charge on any atom is 0.285 e. The molecule has 1 aromatic heterocycles. The molecule has 6 nitrogen and oxygen atoms in total. The van der Waals surface area contributed by atoms with Gasteiger partial charge in [0, 0.05) is 12.7 Å². The molecule has 0 saturated carbocycles. The number of carbonyl (C=O) groups is 1. The quantitative estimate of drug-likeness (QED) is 0.677. The van der Waals surface area contributed by atoms with Crippen LogP contribution >= 0.6 is 11.6 Å². The number of aromatic nitrogens is 2. The van der Waals surface area contributed by atoms with Crippen molar-refractivity contribution in [1.82, 2.24) is 14.3 Å². The molecule has 146 valence electrons. The molecule has 1 amide bonds. The number of nitrogens with zero attached hydrogens (tertiary/aromatic N) is 2. The summed E-state index contributed by atoms with van der Waals surface area (Å²) in [6.07, 6.45) is 1.22. The van der Waals surface area contributed by atoms with Gasteiger partial charge in [-0.1, -0.05) is 29.8 Å². The Morgan fingerprint density at radius 2 is 1.79 bits per heavy atom. The molecule has 0 bridgehead atoms. The number of rotatable bonds is 5. The first kappa shape index (κ1) is 20.0. The summed E-state index contributed by atoms with van der Waals surface area (Å²) in [5.41, 5.74) is -0.715. The van der Waals surface area contributed by atoms with Gasteiger partial charge in [-0.05, 0) is 31.2 Å².